The van der Waals surface area contributed by atoms with Crippen molar-refractivity contribution in [1.82, 2.24) is 4.57 Å². The zero-order chi connectivity index (χ0) is 14.5. The van der Waals surface area contributed by atoms with Crippen molar-refractivity contribution in [2.45, 2.75) is 12.8 Å². The minimum absolute atomic E-state index is 0.0701. The van der Waals surface area contributed by atoms with Gasteiger partial charge >= 0.3 is 11.9 Å². The van der Waals surface area contributed by atoms with Gasteiger partial charge < -0.3 is 14.4 Å². The highest BCUT2D eigenvalue weighted by Gasteiger charge is 2.09. The summed E-state index contributed by atoms with van der Waals surface area (Å²) in [5.41, 5.74) is 2.15. The molecule has 20 heavy (non-hydrogen) atoms. The Bertz CT molecular complexity index is 630. The molecule has 0 saturated heterocycles. The van der Waals surface area contributed by atoms with Crippen molar-refractivity contribution in [3.63, 3.8) is 0 Å². The number of hydrogen-bond acceptors (Lipinski definition) is 3. The molecule has 0 saturated carbocycles. The van der Waals surface area contributed by atoms with Crippen LogP contribution in [0.5, 0.6) is 0 Å². The maximum absolute atomic E-state index is 11.5. The molecule has 0 aliphatic carbocycles. The number of aromatic nitrogens is 1. The first-order valence-corrected chi connectivity index (χ1v) is 6.18. The van der Waals surface area contributed by atoms with Gasteiger partial charge in [0, 0.05) is 17.6 Å². The molecule has 0 radical (unpaired) electrons. The maximum atomic E-state index is 11.5. The molecule has 5 heteroatoms. The number of rotatable bonds is 5. The number of carboxylic acids is 1. The number of carbonyl (C=O) groups is 2. The normalized spacial score (nSPS) is 10.2. The fourth-order valence-electron chi connectivity index (χ4n) is 2.01. The number of hydrogen-bond donors (Lipinski definition) is 1. The molecule has 2 rings (SSSR count). The van der Waals surface area contributed by atoms with Crippen LogP contribution in [0.1, 0.15) is 22.5 Å². The molecule has 0 fully saturated rings. The lowest BCUT2D eigenvalue weighted by molar-refractivity contribution is -0.136. The summed E-state index contributed by atoms with van der Waals surface area (Å²) in [7, 11) is 1.34. The zero-order valence-electron chi connectivity index (χ0n) is 11.1. The van der Waals surface area contributed by atoms with E-state index in [1.165, 1.54) is 7.11 Å². The summed E-state index contributed by atoms with van der Waals surface area (Å²) in [5, 5.41) is 8.75. The van der Waals surface area contributed by atoms with Gasteiger partial charge in [-0.1, -0.05) is 6.07 Å². The maximum Gasteiger partial charge on any atom is 0.337 e. The summed E-state index contributed by atoms with van der Waals surface area (Å²) in [6, 6.07) is 10.7. The second-order valence-corrected chi connectivity index (χ2v) is 4.31. The molecule has 0 amide bonds. The Balaban J connectivity index is 2.30. The molecule has 1 aromatic carbocycles. The van der Waals surface area contributed by atoms with Crippen molar-refractivity contribution in [2.75, 3.05) is 7.11 Å². The Morgan fingerprint density at radius 1 is 1.25 bits per heavy atom. The highest BCUT2D eigenvalue weighted by Crippen LogP contribution is 2.16. The highest BCUT2D eigenvalue weighted by atomic mass is 16.5. The smallest absolute Gasteiger partial charge is 0.337 e. The summed E-state index contributed by atoms with van der Waals surface area (Å²) in [6.45, 7) is 0. The van der Waals surface area contributed by atoms with E-state index in [1.807, 2.05) is 29.0 Å². The molecule has 104 valence electrons. The van der Waals surface area contributed by atoms with E-state index in [2.05, 4.69) is 0 Å². The molecule has 0 spiro atoms. The van der Waals surface area contributed by atoms with Crippen molar-refractivity contribution in [1.29, 1.82) is 0 Å². The number of carboxylic acid groups (broad SMARTS) is 1. The number of methoxy groups -OCH3 is 1. The Morgan fingerprint density at radius 2 is 2.05 bits per heavy atom. The molecule has 0 aliphatic rings. The zero-order valence-corrected chi connectivity index (χ0v) is 11.1. The molecular weight excluding hydrogens is 258 g/mol. The number of benzene rings is 1. The van der Waals surface area contributed by atoms with Gasteiger partial charge in [0.15, 0.2) is 0 Å². The summed E-state index contributed by atoms with van der Waals surface area (Å²) >= 11 is 0. The summed E-state index contributed by atoms with van der Waals surface area (Å²) < 4.78 is 6.56. The van der Waals surface area contributed by atoms with Gasteiger partial charge in [0.1, 0.15) is 0 Å². The number of esters is 1. The standard InChI is InChI=1S/C15H15NO4/c1-20-15(19)11-4-2-5-13(10-11)16-9-3-6-12(16)7-8-14(17)18/h2-6,9-10H,7-8H2,1H3,(H,17,18). The molecular formula is C15H15NO4. The lowest BCUT2D eigenvalue weighted by atomic mass is 10.2. The third-order valence-corrected chi connectivity index (χ3v) is 2.97. The van der Waals surface area contributed by atoms with E-state index in [0.29, 0.717) is 12.0 Å². The number of carbonyl (C=O) groups excluding carboxylic acids is 1. The van der Waals surface area contributed by atoms with E-state index >= 15 is 0 Å². The minimum Gasteiger partial charge on any atom is -0.481 e. The van der Waals surface area contributed by atoms with E-state index in [9.17, 15) is 9.59 Å². The van der Waals surface area contributed by atoms with Crippen LogP contribution in [0.3, 0.4) is 0 Å². The highest BCUT2D eigenvalue weighted by molar-refractivity contribution is 5.89. The van der Waals surface area contributed by atoms with Crippen LogP contribution in [0, 0.1) is 0 Å². The molecule has 2 aromatic rings. The van der Waals surface area contributed by atoms with Crippen LogP contribution >= 0.6 is 0 Å². The van der Waals surface area contributed by atoms with E-state index in [-0.39, 0.29) is 6.42 Å². The number of aliphatic carboxylic acids is 1. The average molecular weight is 273 g/mol. The van der Waals surface area contributed by atoms with Crippen LogP contribution in [0.15, 0.2) is 42.6 Å². The Labute approximate surface area is 116 Å². The van der Waals surface area contributed by atoms with Crippen LogP contribution in [0.2, 0.25) is 0 Å². The lowest BCUT2D eigenvalue weighted by Gasteiger charge is -2.09. The largest absolute Gasteiger partial charge is 0.481 e. The van der Waals surface area contributed by atoms with Crippen molar-refractivity contribution >= 4 is 11.9 Å². The van der Waals surface area contributed by atoms with Gasteiger partial charge in [-0.2, -0.15) is 0 Å². The van der Waals surface area contributed by atoms with Gasteiger partial charge in [0.05, 0.1) is 19.1 Å². The molecule has 5 nitrogen and oxygen atoms in total. The van der Waals surface area contributed by atoms with Gasteiger partial charge in [0.25, 0.3) is 0 Å². The molecule has 0 bridgehead atoms. The van der Waals surface area contributed by atoms with Crippen LogP contribution in [0.25, 0.3) is 5.69 Å². The predicted molar refractivity (Wildman–Crippen MR) is 73.1 cm³/mol. The summed E-state index contributed by atoms with van der Waals surface area (Å²) in [5.74, 6) is -1.23. The second-order valence-electron chi connectivity index (χ2n) is 4.31. The quantitative estimate of drug-likeness (QED) is 0.848. The third kappa shape index (κ3) is 3.06. The van der Waals surface area contributed by atoms with Crippen molar-refractivity contribution in [2.24, 2.45) is 0 Å². The van der Waals surface area contributed by atoms with Crippen molar-refractivity contribution in [3.05, 3.63) is 53.9 Å². The third-order valence-electron chi connectivity index (χ3n) is 2.97. The summed E-state index contributed by atoms with van der Waals surface area (Å²) in [4.78, 5) is 22.2. The molecule has 1 heterocycles. The number of aryl methyl sites for hydroxylation is 1. The van der Waals surface area contributed by atoms with Gasteiger partial charge in [-0.25, -0.2) is 4.79 Å². The molecule has 1 aromatic heterocycles. The van der Waals surface area contributed by atoms with Gasteiger partial charge in [0.2, 0.25) is 0 Å². The first kappa shape index (κ1) is 13.9. The fraction of sp³-hybridized carbons (Fsp3) is 0.200. The van der Waals surface area contributed by atoms with Gasteiger partial charge in [-0.15, -0.1) is 0 Å². The topological polar surface area (TPSA) is 68.5 Å². The minimum atomic E-state index is -0.832. The predicted octanol–water partition coefficient (Wildman–Crippen LogP) is 2.28. The van der Waals surface area contributed by atoms with Crippen molar-refractivity contribution in [3.8, 4) is 5.69 Å². The molecule has 0 unspecified atom stereocenters. The van der Waals surface area contributed by atoms with E-state index in [4.69, 9.17) is 9.84 Å². The van der Waals surface area contributed by atoms with Crippen LogP contribution in [-0.2, 0) is 16.0 Å². The molecule has 0 aliphatic heterocycles. The second kappa shape index (κ2) is 6.06. The van der Waals surface area contributed by atoms with Crippen molar-refractivity contribution < 1.29 is 19.4 Å². The van der Waals surface area contributed by atoms with E-state index in [0.717, 1.165) is 11.4 Å². The summed E-state index contributed by atoms with van der Waals surface area (Å²) in [6.07, 6.45) is 2.35. The number of nitrogens with zero attached hydrogens (tertiary/aromatic N) is 1. The fourth-order valence-corrected chi connectivity index (χ4v) is 2.01. The van der Waals surface area contributed by atoms with E-state index < -0.39 is 11.9 Å². The first-order chi connectivity index (χ1) is 9.61. The van der Waals surface area contributed by atoms with Crippen LogP contribution < -0.4 is 0 Å². The molecule has 1 N–H and O–H groups in total. The van der Waals surface area contributed by atoms with Crippen LogP contribution in [-0.4, -0.2) is 28.7 Å². The van der Waals surface area contributed by atoms with Crippen LogP contribution in [0.4, 0.5) is 0 Å². The Kier molecular flexibility index (Phi) is 4.20. The van der Waals surface area contributed by atoms with E-state index in [1.54, 1.807) is 18.2 Å². The Hall–Kier alpha value is -2.56. The molecule has 0 atom stereocenters. The first-order valence-electron chi connectivity index (χ1n) is 6.18. The van der Waals surface area contributed by atoms with Gasteiger partial charge in [-0.3, -0.25) is 4.79 Å². The number of ether oxygens (including phenoxy) is 1. The lowest BCUT2D eigenvalue weighted by Crippen LogP contribution is -2.05. The average Bonchev–Trinajstić information content (AvgIpc) is 2.92. The van der Waals surface area contributed by atoms with Gasteiger partial charge in [-0.05, 0) is 36.8 Å². The SMILES string of the molecule is COC(=O)c1cccc(-n2cccc2CCC(=O)O)c1. The Morgan fingerprint density at radius 3 is 2.75 bits per heavy atom. The monoisotopic (exact) mass is 273 g/mol.